The highest BCUT2D eigenvalue weighted by Crippen LogP contribution is 2.31. The first kappa shape index (κ1) is 19.4. The zero-order valence-corrected chi connectivity index (χ0v) is 16.3. The van der Waals surface area contributed by atoms with Crippen LogP contribution in [-0.2, 0) is 9.47 Å². The third-order valence-electron chi connectivity index (χ3n) is 4.99. The Morgan fingerprint density at radius 2 is 2.00 bits per heavy atom. The summed E-state index contributed by atoms with van der Waals surface area (Å²) in [6.07, 6.45) is 5.11. The lowest BCUT2D eigenvalue weighted by atomic mass is 9.97. The van der Waals surface area contributed by atoms with E-state index in [9.17, 15) is 4.79 Å². The molecule has 1 aromatic heterocycles. The highest BCUT2D eigenvalue weighted by atomic mass is 16.5. The molecule has 3 rings (SSSR count). The number of nitrogens with one attached hydrogen (secondary N) is 1. The van der Waals surface area contributed by atoms with Gasteiger partial charge in [-0.15, -0.1) is 0 Å². The van der Waals surface area contributed by atoms with Gasteiger partial charge in [-0.1, -0.05) is 29.8 Å². The van der Waals surface area contributed by atoms with Crippen molar-refractivity contribution in [2.45, 2.75) is 52.2 Å². The number of hydrogen-bond acceptors (Lipinski definition) is 5. The molecular weight excluding hydrogens is 340 g/mol. The lowest BCUT2D eigenvalue weighted by Crippen LogP contribution is -2.29. The monoisotopic (exact) mass is 368 g/mol. The molecule has 5 heteroatoms. The molecule has 27 heavy (non-hydrogen) atoms. The number of anilines is 1. The maximum atomic E-state index is 12.0. The molecule has 2 aromatic rings. The van der Waals surface area contributed by atoms with Crippen LogP contribution in [0.1, 0.15) is 59.3 Å². The predicted molar refractivity (Wildman–Crippen MR) is 106 cm³/mol. The first-order chi connectivity index (χ1) is 13.1. The van der Waals surface area contributed by atoms with Crippen molar-refractivity contribution < 1.29 is 14.3 Å². The minimum absolute atomic E-state index is 0.123. The van der Waals surface area contributed by atoms with Crippen molar-refractivity contribution in [2.75, 3.05) is 18.5 Å². The molecule has 0 spiro atoms. The second-order valence-electron chi connectivity index (χ2n) is 7.02. The number of aromatic nitrogens is 1. The van der Waals surface area contributed by atoms with Crippen molar-refractivity contribution in [3.05, 3.63) is 58.8 Å². The molecule has 1 N–H and O–H groups in total. The maximum Gasteiger partial charge on any atom is 0.338 e. The average Bonchev–Trinajstić information content (AvgIpc) is 2.68. The summed E-state index contributed by atoms with van der Waals surface area (Å²) in [7, 11) is 0. The van der Waals surface area contributed by atoms with Gasteiger partial charge in [-0.25, -0.2) is 9.78 Å². The summed E-state index contributed by atoms with van der Waals surface area (Å²) in [5, 5.41) is 3.36. The van der Waals surface area contributed by atoms with E-state index in [0.29, 0.717) is 24.5 Å². The van der Waals surface area contributed by atoms with Gasteiger partial charge in [0.15, 0.2) is 0 Å². The van der Waals surface area contributed by atoms with Crippen LogP contribution in [0.3, 0.4) is 0 Å². The van der Waals surface area contributed by atoms with Gasteiger partial charge in [-0.05, 0) is 51.7 Å². The Labute approximate surface area is 161 Å². The molecule has 2 heterocycles. The van der Waals surface area contributed by atoms with Crippen LogP contribution < -0.4 is 5.32 Å². The van der Waals surface area contributed by atoms with E-state index in [2.05, 4.69) is 41.5 Å². The lowest BCUT2D eigenvalue weighted by molar-refractivity contribution is -0.0442. The zero-order chi connectivity index (χ0) is 19.2. The molecule has 1 saturated heterocycles. The summed E-state index contributed by atoms with van der Waals surface area (Å²) >= 11 is 0. The summed E-state index contributed by atoms with van der Waals surface area (Å²) < 4.78 is 11.4. The molecule has 0 amide bonds. The number of hydrogen-bond donors (Lipinski definition) is 1. The van der Waals surface area contributed by atoms with Gasteiger partial charge in [0.1, 0.15) is 5.82 Å². The van der Waals surface area contributed by atoms with E-state index in [0.717, 1.165) is 24.8 Å². The summed E-state index contributed by atoms with van der Waals surface area (Å²) in [5.41, 5.74) is 3.86. The van der Waals surface area contributed by atoms with Gasteiger partial charge in [0.2, 0.25) is 0 Å². The quantitative estimate of drug-likeness (QED) is 0.755. The van der Waals surface area contributed by atoms with Gasteiger partial charge >= 0.3 is 5.97 Å². The molecule has 2 atom stereocenters. The van der Waals surface area contributed by atoms with Gasteiger partial charge in [0, 0.05) is 18.3 Å². The Kier molecular flexibility index (Phi) is 6.45. The first-order valence-electron chi connectivity index (χ1n) is 9.67. The summed E-state index contributed by atoms with van der Waals surface area (Å²) in [6, 6.07) is 10.3. The van der Waals surface area contributed by atoms with Crippen molar-refractivity contribution in [1.82, 2.24) is 4.98 Å². The summed E-state index contributed by atoms with van der Waals surface area (Å²) in [5.74, 6) is 0.399. The second kappa shape index (κ2) is 9.00. The van der Waals surface area contributed by atoms with E-state index in [1.165, 1.54) is 11.1 Å². The molecule has 0 bridgehead atoms. The fourth-order valence-corrected chi connectivity index (χ4v) is 3.43. The largest absolute Gasteiger partial charge is 0.462 e. The van der Waals surface area contributed by atoms with Crippen molar-refractivity contribution in [3.63, 3.8) is 0 Å². The van der Waals surface area contributed by atoms with Gasteiger partial charge in [0.05, 0.1) is 24.4 Å². The molecule has 0 radical (unpaired) electrons. The number of carbonyl (C=O) groups is 1. The van der Waals surface area contributed by atoms with Gasteiger partial charge < -0.3 is 14.8 Å². The molecule has 1 aliphatic rings. The molecule has 144 valence electrons. The van der Waals surface area contributed by atoms with Crippen LogP contribution in [0.2, 0.25) is 0 Å². The molecule has 5 nitrogen and oxygen atoms in total. The number of pyridine rings is 1. The van der Waals surface area contributed by atoms with Crippen LogP contribution in [0.25, 0.3) is 0 Å². The zero-order valence-electron chi connectivity index (χ0n) is 16.3. The SMILES string of the molecule is CCOC(=O)c1ccnc(NCC2CCCC(c3ccc(C)cc3)O2)c1C. The number of aryl methyl sites for hydroxylation is 1. The van der Waals surface area contributed by atoms with Gasteiger partial charge in [-0.3, -0.25) is 0 Å². The minimum atomic E-state index is -0.311. The lowest BCUT2D eigenvalue weighted by Gasteiger charge is -2.31. The van der Waals surface area contributed by atoms with E-state index in [-0.39, 0.29) is 18.2 Å². The Morgan fingerprint density at radius 1 is 1.22 bits per heavy atom. The summed E-state index contributed by atoms with van der Waals surface area (Å²) in [6.45, 7) is 6.82. The highest BCUT2D eigenvalue weighted by molar-refractivity contribution is 5.92. The Balaban J connectivity index is 1.62. The molecule has 2 unspecified atom stereocenters. The Bertz CT molecular complexity index is 774. The van der Waals surface area contributed by atoms with Crippen LogP contribution in [-0.4, -0.2) is 30.2 Å². The van der Waals surface area contributed by atoms with Crippen LogP contribution in [0.4, 0.5) is 5.82 Å². The summed E-state index contributed by atoms with van der Waals surface area (Å²) in [4.78, 5) is 16.4. The third kappa shape index (κ3) is 4.86. The van der Waals surface area contributed by atoms with Crippen molar-refractivity contribution in [1.29, 1.82) is 0 Å². The van der Waals surface area contributed by atoms with Crippen LogP contribution in [0, 0.1) is 13.8 Å². The smallest absolute Gasteiger partial charge is 0.338 e. The van der Waals surface area contributed by atoms with E-state index in [4.69, 9.17) is 9.47 Å². The molecule has 0 aliphatic carbocycles. The van der Waals surface area contributed by atoms with Gasteiger partial charge in [-0.2, -0.15) is 0 Å². The number of ether oxygens (including phenoxy) is 2. The number of esters is 1. The molecule has 1 fully saturated rings. The molecule has 0 saturated carbocycles. The topological polar surface area (TPSA) is 60.5 Å². The van der Waals surface area contributed by atoms with Crippen LogP contribution in [0.5, 0.6) is 0 Å². The van der Waals surface area contributed by atoms with Crippen molar-refractivity contribution >= 4 is 11.8 Å². The van der Waals surface area contributed by atoms with Crippen molar-refractivity contribution in [2.24, 2.45) is 0 Å². The third-order valence-corrected chi connectivity index (χ3v) is 4.99. The van der Waals surface area contributed by atoms with E-state index in [1.807, 2.05) is 6.92 Å². The van der Waals surface area contributed by atoms with E-state index >= 15 is 0 Å². The Hall–Kier alpha value is -2.40. The van der Waals surface area contributed by atoms with Gasteiger partial charge in [0.25, 0.3) is 0 Å². The fourth-order valence-electron chi connectivity index (χ4n) is 3.43. The molecule has 1 aromatic carbocycles. The maximum absolute atomic E-state index is 12.0. The second-order valence-corrected chi connectivity index (χ2v) is 7.02. The minimum Gasteiger partial charge on any atom is -0.462 e. The van der Waals surface area contributed by atoms with E-state index < -0.39 is 0 Å². The van der Waals surface area contributed by atoms with Crippen LogP contribution >= 0.6 is 0 Å². The number of rotatable bonds is 6. The van der Waals surface area contributed by atoms with E-state index in [1.54, 1.807) is 19.2 Å². The average molecular weight is 368 g/mol. The predicted octanol–water partition coefficient (Wildman–Crippen LogP) is 4.60. The standard InChI is InChI=1S/C22H28N2O3/c1-4-26-22(25)19-12-13-23-21(16(19)3)24-14-18-6-5-7-20(27-18)17-10-8-15(2)9-11-17/h8-13,18,20H,4-7,14H2,1-3H3,(H,23,24). The molecule has 1 aliphatic heterocycles. The first-order valence-corrected chi connectivity index (χ1v) is 9.67. The van der Waals surface area contributed by atoms with Crippen molar-refractivity contribution in [3.8, 4) is 0 Å². The molecular formula is C22H28N2O3. The number of benzene rings is 1. The highest BCUT2D eigenvalue weighted by Gasteiger charge is 2.24. The Morgan fingerprint density at radius 3 is 2.74 bits per heavy atom. The van der Waals surface area contributed by atoms with Crippen LogP contribution in [0.15, 0.2) is 36.5 Å². The number of nitrogens with zero attached hydrogens (tertiary/aromatic N) is 1. The fraction of sp³-hybridized carbons (Fsp3) is 0.455. The normalized spacial score (nSPS) is 19.5. The number of carbonyl (C=O) groups excluding carboxylic acids is 1.